The quantitative estimate of drug-likeness (QED) is 0.763. The van der Waals surface area contributed by atoms with Crippen LogP contribution in [-0.4, -0.2) is 39.5 Å². The Morgan fingerprint density at radius 3 is 2.48 bits per heavy atom. The fourth-order valence-corrected chi connectivity index (χ4v) is 1.98. The molecule has 6 nitrogen and oxygen atoms in total. The molecule has 1 rings (SSSR count). The molecule has 0 aliphatic carbocycles. The van der Waals surface area contributed by atoms with Crippen LogP contribution >= 0.6 is 0 Å². The maximum absolute atomic E-state index is 13.5. The number of nitrogens with one attached hydrogen (secondary N) is 2. The van der Waals surface area contributed by atoms with Crippen molar-refractivity contribution in [2.24, 2.45) is 0 Å². The van der Waals surface area contributed by atoms with Crippen LogP contribution < -0.4 is 10.0 Å². The van der Waals surface area contributed by atoms with Crippen molar-refractivity contribution in [3.8, 4) is 0 Å². The van der Waals surface area contributed by atoms with Gasteiger partial charge in [0, 0.05) is 5.69 Å². The summed E-state index contributed by atoms with van der Waals surface area (Å²) in [6.07, 6.45) is -5.17. The van der Waals surface area contributed by atoms with Gasteiger partial charge < -0.3 is 10.1 Å². The van der Waals surface area contributed by atoms with Crippen molar-refractivity contribution in [2.45, 2.75) is 19.2 Å². The van der Waals surface area contributed by atoms with E-state index >= 15 is 0 Å². The van der Waals surface area contributed by atoms with Gasteiger partial charge in [0.25, 0.3) is 5.91 Å². The molecular weight excluding hydrogens is 344 g/mol. The van der Waals surface area contributed by atoms with E-state index in [0.717, 1.165) is 31.4 Å². The standard InChI is InChI=1S/C12H14F4N2O4S/c1-7(22-6-12(14,15)16)11(19)17-8-3-4-9(13)10(5-8)18-23(2,20)21/h3-5,7,18H,6H2,1-2H3,(H,17,19)/t7-/m0/s1. The summed E-state index contributed by atoms with van der Waals surface area (Å²) in [7, 11) is -3.74. The number of halogens is 4. The molecule has 0 heterocycles. The Balaban J connectivity index is 2.77. The summed E-state index contributed by atoms with van der Waals surface area (Å²) in [5.41, 5.74) is -0.417. The molecule has 130 valence electrons. The predicted molar refractivity (Wildman–Crippen MR) is 75.0 cm³/mol. The molecule has 0 radical (unpaired) electrons. The minimum Gasteiger partial charge on any atom is -0.359 e. The lowest BCUT2D eigenvalue weighted by atomic mass is 10.2. The number of alkyl halides is 3. The topological polar surface area (TPSA) is 84.5 Å². The van der Waals surface area contributed by atoms with Crippen LogP contribution in [0.4, 0.5) is 28.9 Å². The Bertz CT molecular complexity index is 676. The van der Waals surface area contributed by atoms with E-state index in [9.17, 15) is 30.8 Å². The van der Waals surface area contributed by atoms with Crippen molar-refractivity contribution >= 4 is 27.3 Å². The van der Waals surface area contributed by atoms with Crippen molar-refractivity contribution in [1.82, 2.24) is 0 Å². The molecule has 0 unspecified atom stereocenters. The average Bonchev–Trinajstić information content (AvgIpc) is 2.37. The van der Waals surface area contributed by atoms with Gasteiger partial charge in [-0.15, -0.1) is 0 Å². The first-order valence-electron chi connectivity index (χ1n) is 6.14. The largest absolute Gasteiger partial charge is 0.411 e. The molecule has 1 amide bonds. The molecule has 11 heteroatoms. The van der Waals surface area contributed by atoms with Crippen LogP contribution in [0.25, 0.3) is 0 Å². The number of hydrogen-bond donors (Lipinski definition) is 2. The third-order valence-electron chi connectivity index (χ3n) is 2.40. The summed E-state index contributed by atoms with van der Waals surface area (Å²) in [6, 6.07) is 3.01. The minimum absolute atomic E-state index is 0.00925. The number of sulfonamides is 1. The van der Waals surface area contributed by atoms with Crippen LogP contribution in [0, 0.1) is 5.82 Å². The zero-order valence-corrected chi connectivity index (χ0v) is 12.9. The maximum Gasteiger partial charge on any atom is 0.411 e. The van der Waals surface area contributed by atoms with Crippen molar-refractivity contribution in [2.75, 3.05) is 22.9 Å². The molecular formula is C12H14F4N2O4S. The molecule has 1 atom stereocenters. The van der Waals surface area contributed by atoms with Gasteiger partial charge in [-0.2, -0.15) is 13.2 Å². The van der Waals surface area contributed by atoms with Gasteiger partial charge in [-0.1, -0.05) is 0 Å². The highest BCUT2D eigenvalue weighted by atomic mass is 32.2. The van der Waals surface area contributed by atoms with E-state index in [0.29, 0.717) is 0 Å². The average molecular weight is 358 g/mol. The van der Waals surface area contributed by atoms with E-state index in [-0.39, 0.29) is 5.69 Å². The lowest BCUT2D eigenvalue weighted by Crippen LogP contribution is -2.31. The van der Waals surface area contributed by atoms with Gasteiger partial charge in [0.1, 0.15) is 18.5 Å². The number of anilines is 2. The van der Waals surface area contributed by atoms with Crippen LogP contribution in [0.2, 0.25) is 0 Å². The molecule has 0 spiro atoms. The lowest BCUT2D eigenvalue weighted by molar-refractivity contribution is -0.184. The van der Waals surface area contributed by atoms with Crippen molar-refractivity contribution in [1.29, 1.82) is 0 Å². The van der Waals surface area contributed by atoms with Crippen LogP contribution in [0.1, 0.15) is 6.92 Å². The van der Waals surface area contributed by atoms with E-state index in [1.54, 1.807) is 0 Å². The first-order chi connectivity index (χ1) is 10.4. The number of carbonyl (C=O) groups is 1. The number of benzene rings is 1. The SMILES string of the molecule is C[C@H](OCC(F)(F)F)C(=O)Nc1ccc(F)c(NS(C)(=O)=O)c1. The molecule has 0 bridgehead atoms. The highest BCUT2D eigenvalue weighted by Crippen LogP contribution is 2.21. The van der Waals surface area contributed by atoms with E-state index < -0.39 is 46.3 Å². The fourth-order valence-electron chi connectivity index (χ4n) is 1.42. The number of rotatable bonds is 6. The second-order valence-electron chi connectivity index (χ2n) is 4.63. The molecule has 1 aromatic carbocycles. The highest BCUT2D eigenvalue weighted by molar-refractivity contribution is 7.92. The Kier molecular flexibility index (Phi) is 5.94. The maximum atomic E-state index is 13.5. The van der Waals surface area contributed by atoms with Gasteiger partial charge in [-0.3, -0.25) is 9.52 Å². The predicted octanol–water partition coefficient (Wildman–Crippen LogP) is 2.10. The Labute approximate surface area is 129 Å². The van der Waals surface area contributed by atoms with Crippen LogP contribution in [0.3, 0.4) is 0 Å². The smallest absolute Gasteiger partial charge is 0.359 e. The number of carbonyl (C=O) groups excluding carboxylic acids is 1. The van der Waals surface area contributed by atoms with E-state index in [1.807, 2.05) is 4.72 Å². The first-order valence-corrected chi connectivity index (χ1v) is 8.03. The summed E-state index contributed by atoms with van der Waals surface area (Å²) in [5, 5.41) is 2.20. The molecule has 0 fully saturated rings. The molecule has 0 aromatic heterocycles. The van der Waals surface area contributed by atoms with Gasteiger partial charge in [0.15, 0.2) is 0 Å². The monoisotopic (exact) mass is 358 g/mol. The van der Waals surface area contributed by atoms with Crippen LogP contribution in [0.15, 0.2) is 18.2 Å². The fraction of sp³-hybridized carbons (Fsp3) is 0.417. The minimum atomic E-state index is -4.57. The summed E-state index contributed by atoms with van der Waals surface area (Å²) in [5.74, 6) is -1.78. The summed E-state index contributed by atoms with van der Waals surface area (Å²) < 4.78 is 77.9. The third-order valence-corrected chi connectivity index (χ3v) is 2.99. The summed E-state index contributed by atoms with van der Waals surface area (Å²) in [6.45, 7) is -0.480. The van der Waals surface area contributed by atoms with Crippen LogP contribution in [-0.2, 0) is 19.6 Å². The molecule has 2 N–H and O–H groups in total. The van der Waals surface area contributed by atoms with Crippen LogP contribution in [0.5, 0.6) is 0 Å². The third kappa shape index (κ3) is 7.28. The lowest BCUT2D eigenvalue weighted by Gasteiger charge is -2.15. The van der Waals surface area contributed by atoms with Gasteiger partial charge in [-0.05, 0) is 25.1 Å². The summed E-state index contributed by atoms with van der Waals surface area (Å²) >= 11 is 0. The van der Waals surface area contributed by atoms with Gasteiger partial charge in [-0.25, -0.2) is 12.8 Å². The summed E-state index contributed by atoms with van der Waals surface area (Å²) in [4.78, 5) is 11.7. The first kappa shape index (κ1) is 19.2. The molecule has 0 saturated carbocycles. The Hall–Kier alpha value is -1.88. The van der Waals surface area contributed by atoms with Crippen molar-refractivity contribution in [3.63, 3.8) is 0 Å². The molecule has 0 saturated heterocycles. The van der Waals surface area contributed by atoms with E-state index in [1.165, 1.54) is 0 Å². The molecule has 1 aromatic rings. The van der Waals surface area contributed by atoms with E-state index in [4.69, 9.17) is 0 Å². The molecule has 23 heavy (non-hydrogen) atoms. The van der Waals surface area contributed by atoms with Gasteiger partial charge in [0.05, 0.1) is 11.9 Å². The van der Waals surface area contributed by atoms with Crippen molar-refractivity contribution in [3.05, 3.63) is 24.0 Å². The van der Waals surface area contributed by atoms with Crippen molar-refractivity contribution < 1.29 is 35.5 Å². The molecule has 0 aliphatic rings. The normalized spacial score (nSPS) is 13.5. The zero-order valence-electron chi connectivity index (χ0n) is 12.1. The Morgan fingerprint density at radius 2 is 1.96 bits per heavy atom. The second-order valence-corrected chi connectivity index (χ2v) is 6.37. The highest BCUT2D eigenvalue weighted by Gasteiger charge is 2.30. The zero-order chi connectivity index (χ0) is 17.8. The second kappa shape index (κ2) is 7.13. The number of hydrogen-bond acceptors (Lipinski definition) is 4. The van der Waals surface area contributed by atoms with E-state index in [2.05, 4.69) is 10.1 Å². The Morgan fingerprint density at radius 1 is 1.35 bits per heavy atom. The van der Waals surface area contributed by atoms with Gasteiger partial charge in [0.2, 0.25) is 10.0 Å². The number of ether oxygens (including phenoxy) is 1. The number of amides is 1. The molecule has 0 aliphatic heterocycles. The van der Waals surface area contributed by atoms with Gasteiger partial charge >= 0.3 is 6.18 Å².